The highest BCUT2D eigenvalue weighted by Gasteiger charge is 2.34. The summed E-state index contributed by atoms with van der Waals surface area (Å²) >= 11 is 3.26. The topological polar surface area (TPSA) is 12.0 Å². The van der Waals surface area contributed by atoms with Gasteiger partial charge in [-0.3, -0.25) is 0 Å². The number of anilines is 1. The lowest BCUT2D eigenvalue weighted by molar-refractivity contribution is 0.0128. The molecule has 1 aliphatic rings. The predicted molar refractivity (Wildman–Crippen MR) is 51.3 cm³/mol. The maximum absolute atomic E-state index is 13.0. The van der Waals surface area contributed by atoms with Crippen LogP contribution in [-0.4, -0.2) is 12.5 Å². The number of hydrogen-bond acceptors (Lipinski definition) is 1. The largest absolute Gasteiger partial charge is 0.379 e. The van der Waals surface area contributed by atoms with Gasteiger partial charge >= 0.3 is 0 Å². The molecule has 0 atom stereocenters. The Labute approximate surface area is 83.3 Å². The summed E-state index contributed by atoms with van der Waals surface area (Å²) in [5, 5.41) is 2.71. The quantitative estimate of drug-likeness (QED) is 0.744. The molecule has 1 aromatic rings. The minimum atomic E-state index is -2.63. The first-order valence-corrected chi connectivity index (χ1v) is 4.77. The fourth-order valence-corrected chi connectivity index (χ4v) is 1.96. The molecule has 0 saturated heterocycles. The van der Waals surface area contributed by atoms with Crippen LogP contribution in [0.5, 0.6) is 0 Å². The van der Waals surface area contributed by atoms with Crippen LogP contribution >= 0.6 is 15.9 Å². The third-order valence-electron chi connectivity index (χ3n) is 2.09. The Bertz CT molecular complexity index is 338. The molecule has 0 radical (unpaired) electrons. The number of rotatable bonds is 0. The predicted octanol–water partition coefficient (Wildman–Crippen LogP) is 3.05. The molecule has 0 fully saturated rings. The molecule has 4 heteroatoms. The van der Waals surface area contributed by atoms with Crippen LogP contribution in [0.1, 0.15) is 5.56 Å². The van der Waals surface area contributed by atoms with E-state index >= 15 is 0 Å². The van der Waals surface area contributed by atoms with Gasteiger partial charge in [-0.05, 0) is 17.7 Å². The van der Waals surface area contributed by atoms with Gasteiger partial charge in [0.15, 0.2) is 0 Å². The summed E-state index contributed by atoms with van der Waals surface area (Å²) in [5.41, 5.74) is 1.47. The lowest BCUT2D eigenvalue weighted by atomic mass is 10.0. The Morgan fingerprint density at radius 1 is 1.38 bits per heavy atom. The van der Waals surface area contributed by atoms with E-state index in [0.717, 1.165) is 10.2 Å². The van der Waals surface area contributed by atoms with E-state index in [0.29, 0.717) is 5.56 Å². The lowest BCUT2D eigenvalue weighted by Crippen LogP contribution is -2.34. The second-order valence-electron chi connectivity index (χ2n) is 3.15. The molecular formula is C9H8BrF2N. The van der Waals surface area contributed by atoms with E-state index in [9.17, 15) is 8.78 Å². The molecule has 0 aliphatic carbocycles. The van der Waals surface area contributed by atoms with E-state index < -0.39 is 5.92 Å². The fourth-order valence-electron chi connectivity index (χ4n) is 1.45. The van der Waals surface area contributed by atoms with E-state index in [1.807, 2.05) is 12.1 Å². The Balaban J connectivity index is 2.44. The Hall–Kier alpha value is -0.640. The molecule has 1 N–H and O–H groups in total. The molecule has 0 saturated carbocycles. The lowest BCUT2D eigenvalue weighted by Gasteiger charge is -2.26. The van der Waals surface area contributed by atoms with Crippen LogP contribution < -0.4 is 5.32 Å². The van der Waals surface area contributed by atoms with Crippen molar-refractivity contribution in [3.63, 3.8) is 0 Å². The first-order chi connectivity index (χ1) is 6.08. The van der Waals surface area contributed by atoms with Crippen LogP contribution in [0.2, 0.25) is 0 Å². The van der Waals surface area contributed by atoms with Crippen molar-refractivity contribution in [3.8, 4) is 0 Å². The van der Waals surface area contributed by atoms with Crippen molar-refractivity contribution in [2.75, 3.05) is 11.9 Å². The van der Waals surface area contributed by atoms with Gasteiger partial charge in [-0.1, -0.05) is 22.0 Å². The second kappa shape index (κ2) is 2.94. The van der Waals surface area contributed by atoms with Gasteiger partial charge in [0.2, 0.25) is 0 Å². The van der Waals surface area contributed by atoms with Crippen molar-refractivity contribution in [2.45, 2.75) is 12.3 Å². The van der Waals surface area contributed by atoms with E-state index in [2.05, 4.69) is 21.2 Å². The van der Waals surface area contributed by atoms with Crippen LogP contribution in [-0.2, 0) is 6.42 Å². The average molecular weight is 248 g/mol. The number of halogens is 3. The van der Waals surface area contributed by atoms with Gasteiger partial charge in [-0.2, -0.15) is 0 Å². The van der Waals surface area contributed by atoms with E-state index in [1.54, 1.807) is 6.07 Å². The highest BCUT2D eigenvalue weighted by atomic mass is 79.9. The third kappa shape index (κ3) is 1.68. The molecule has 0 bridgehead atoms. The Kier molecular flexibility index (Phi) is 2.02. The van der Waals surface area contributed by atoms with Crippen LogP contribution in [0.4, 0.5) is 14.5 Å². The molecule has 2 rings (SSSR count). The van der Waals surface area contributed by atoms with Gasteiger partial charge in [0.25, 0.3) is 5.92 Å². The summed E-state index contributed by atoms with van der Waals surface area (Å²) in [6, 6.07) is 5.43. The minimum absolute atomic E-state index is 0.184. The van der Waals surface area contributed by atoms with Gasteiger partial charge in [-0.15, -0.1) is 0 Å². The summed E-state index contributed by atoms with van der Waals surface area (Å²) in [6.07, 6.45) is -0.184. The molecule has 70 valence electrons. The highest BCUT2D eigenvalue weighted by Crippen LogP contribution is 2.34. The monoisotopic (exact) mass is 247 g/mol. The molecule has 13 heavy (non-hydrogen) atoms. The van der Waals surface area contributed by atoms with Gasteiger partial charge < -0.3 is 5.32 Å². The summed E-state index contributed by atoms with van der Waals surface area (Å²) in [6.45, 7) is -0.267. The zero-order valence-electron chi connectivity index (χ0n) is 6.78. The molecule has 1 aromatic carbocycles. The SMILES string of the molecule is FC1(F)CNc2cccc(Br)c2C1. The van der Waals surface area contributed by atoms with Crippen molar-refractivity contribution < 1.29 is 8.78 Å². The standard InChI is InChI=1S/C9H8BrF2N/c10-7-2-1-3-8-6(7)4-9(11,12)5-13-8/h1-3,13H,4-5H2. The molecule has 0 amide bonds. The minimum Gasteiger partial charge on any atom is -0.379 e. The summed E-state index contributed by atoms with van der Waals surface area (Å²) < 4.78 is 26.7. The zero-order valence-corrected chi connectivity index (χ0v) is 8.37. The van der Waals surface area contributed by atoms with Crippen LogP contribution in [0, 0.1) is 0 Å². The van der Waals surface area contributed by atoms with Gasteiger partial charge in [0, 0.05) is 16.6 Å². The normalized spacial score (nSPS) is 19.0. The first-order valence-electron chi connectivity index (χ1n) is 3.98. The van der Waals surface area contributed by atoms with Crippen molar-refractivity contribution in [3.05, 3.63) is 28.2 Å². The second-order valence-corrected chi connectivity index (χ2v) is 4.01. The summed E-state index contributed by atoms with van der Waals surface area (Å²) in [4.78, 5) is 0. The number of fused-ring (bicyclic) bond motifs is 1. The summed E-state index contributed by atoms with van der Waals surface area (Å²) in [7, 11) is 0. The number of hydrogen-bond donors (Lipinski definition) is 1. The Morgan fingerprint density at radius 3 is 2.92 bits per heavy atom. The smallest absolute Gasteiger partial charge is 0.269 e. The average Bonchev–Trinajstić information content (AvgIpc) is 2.06. The molecule has 1 heterocycles. The van der Waals surface area contributed by atoms with Crippen LogP contribution in [0.15, 0.2) is 22.7 Å². The molecule has 1 aliphatic heterocycles. The van der Waals surface area contributed by atoms with Crippen molar-refractivity contribution >= 4 is 21.6 Å². The van der Waals surface area contributed by atoms with Gasteiger partial charge in [0.05, 0.1) is 6.54 Å². The van der Waals surface area contributed by atoms with Crippen LogP contribution in [0.3, 0.4) is 0 Å². The highest BCUT2D eigenvalue weighted by molar-refractivity contribution is 9.10. The van der Waals surface area contributed by atoms with E-state index in [1.165, 1.54) is 0 Å². The number of benzene rings is 1. The van der Waals surface area contributed by atoms with E-state index in [-0.39, 0.29) is 13.0 Å². The number of alkyl halides is 2. The molecule has 0 unspecified atom stereocenters. The first kappa shape index (κ1) is 8.94. The third-order valence-corrected chi connectivity index (χ3v) is 2.83. The molecule has 0 spiro atoms. The zero-order chi connectivity index (χ0) is 9.47. The van der Waals surface area contributed by atoms with Crippen LogP contribution in [0.25, 0.3) is 0 Å². The molecular weight excluding hydrogens is 240 g/mol. The molecule has 0 aromatic heterocycles. The Morgan fingerprint density at radius 2 is 2.15 bits per heavy atom. The van der Waals surface area contributed by atoms with Gasteiger partial charge in [0.1, 0.15) is 0 Å². The van der Waals surface area contributed by atoms with Crippen molar-refractivity contribution in [1.82, 2.24) is 0 Å². The maximum Gasteiger partial charge on any atom is 0.269 e. The number of nitrogens with one attached hydrogen (secondary N) is 1. The maximum atomic E-state index is 13.0. The van der Waals surface area contributed by atoms with E-state index in [4.69, 9.17) is 0 Å². The van der Waals surface area contributed by atoms with Crippen molar-refractivity contribution in [1.29, 1.82) is 0 Å². The van der Waals surface area contributed by atoms with Crippen molar-refractivity contribution in [2.24, 2.45) is 0 Å². The fraction of sp³-hybridized carbons (Fsp3) is 0.333. The summed E-state index contributed by atoms with van der Waals surface area (Å²) in [5.74, 6) is -2.63. The van der Waals surface area contributed by atoms with Gasteiger partial charge in [-0.25, -0.2) is 8.78 Å². The molecule has 1 nitrogen and oxygen atoms in total.